The van der Waals surface area contributed by atoms with Gasteiger partial charge in [-0.15, -0.1) is 0 Å². The number of carboxylic acids is 1. The van der Waals surface area contributed by atoms with Crippen molar-refractivity contribution in [2.45, 2.75) is 51.4 Å². The van der Waals surface area contributed by atoms with E-state index in [1.807, 2.05) is 30.3 Å². The standard InChI is InChI=1S/C28H28ClFN2O3/c1-17-23(10-13-26(33)34)24(30)11-12-25(17)32-28(35)27(19-4-2-3-5-19)20-8-6-18(7-9-20)21-14-22(29)16-31-15-21/h6-9,11-12,14-16,19,27H,2-5,10,13H2,1H3,(H,32,35)(H,33,34). The van der Waals surface area contributed by atoms with Gasteiger partial charge in [-0.2, -0.15) is 0 Å². The maximum Gasteiger partial charge on any atom is 0.303 e. The molecule has 2 N–H and O–H groups in total. The van der Waals surface area contributed by atoms with Gasteiger partial charge in [-0.25, -0.2) is 4.39 Å². The number of halogens is 2. The summed E-state index contributed by atoms with van der Waals surface area (Å²) in [5.41, 5.74) is 4.20. The number of carbonyl (C=O) groups excluding carboxylic acids is 1. The molecular formula is C28H28ClFN2O3. The quantitative estimate of drug-likeness (QED) is 0.361. The van der Waals surface area contributed by atoms with Crippen molar-refractivity contribution in [2.24, 2.45) is 5.92 Å². The average Bonchev–Trinajstić information content (AvgIpc) is 3.35. The lowest BCUT2D eigenvalue weighted by molar-refractivity contribution is -0.137. The van der Waals surface area contributed by atoms with Crippen LogP contribution in [-0.4, -0.2) is 22.0 Å². The average molecular weight is 495 g/mol. The number of nitrogens with one attached hydrogen (secondary N) is 1. The van der Waals surface area contributed by atoms with Crippen LogP contribution in [0.3, 0.4) is 0 Å². The molecule has 1 fully saturated rings. The van der Waals surface area contributed by atoms with Crippen molar-refractivity contribution in [1.29, 1.82) is 0 Å². The van der Waals surface area contributed by atoms with Crippen LogP contribution in [0, 0.1) is 18.7 Å². The number of benzene rings is 2. The van der Waals surface area contributed by atoms with Crippen LogP contribution in [0.1, 0.15) is 54.7 Å². The third-order valence-electron chi connectivity index (χ3n) is 6.85. The molecule has 1 heterocycles. The summed E-state index contributed by atoms with van der Waals surface area (Å²) in [6.07, 6.45) is 7.38. The van der Waals surface area contributed by atoms with Gasteiger partial charge < -0.3 is 10.4 Å². The first-order chi connectivity index (χ1) is 16.8. The third-order valence-corrected chi connectivity index (χ3v) is 7.06. The highest BCUT2D eigenvalue weighted by atomic mass is 35.5. The van der Waals surface area contributed by atoms with E-state index in [0.29, 0.717) is 21.8 Å². The molecule has 0 saturated heterocycles. The van der Waals surface area contributed by atoms with Crippen LogP contribution < -0.4 is 5.32 Å². The van der Waals surface area contributed by atoms with Crippen LogP contribution >= 0.6 is 11.6 Å². The number of hydrogen-bond acceptors (Lipinski definition) is 3. The van der Waals surface area contributed by atoms with Gasteiger partial charge in [0, 0.05) is 30.1 Å². The molecule has 1 amide bonds. The first-order valence-corrected chi connectivity index (χ1v) is 12.2. The van der Waals surface area contributed by atoms with Gasteiger partial charge in [0.15, 0.2) is 0 Å². The second-order valence-electron chi connectivity index (χ2n) is 9.12. The lowest BCUT2D eigenvalue weighted by Gasteiger charge is -2.24. The molecule has 35 heavy (non-hydrogen) atoms. The van der Waals surface area contributed by atoms with Crippen LogP contribution in [-0.2, 0) is 16.0 Å². The zero-order valence-electron chi connectivity index (χ0n) is 19.6. The minimum Gasteiger partial charge on any atom is -0.481 e. The molecule has 1 aliphatic rings. The second kappa shape index (κ2) is 11.0. The smallest absolute Gasteiger partial charge is 0.303 e. The number of pyridine rings is 1. The largest absolute Gasteiger partial charge is 0.481 e. The Hall–Kier alpha value is -3.25. The van der Waals surface area contributed by atoms with Gasteiger partial charge in [0.2, 0.25) is 5.91 Å². The fourth-order valence-corrected chi connectivity index (χ4v) is 5.16. The molecule has 0 aliphatic heterocycles. The lowest BCUT2D eigenvalue weighted by atomic mass is 9.83. The zero-order valence-corrected chi connectivity index (χ0v) is 20.3. The lowest BCUT2D eigenvalue weighted by Crippen LogP contribution is -2.27. The summed E-state index contributed by atoms with van der Waals surface area (Å²) < 4.78 is 14.4. The predicted octanol–water partition coefficient (Wildman–Crippen LogP) is 6.78. The van der Waals surface area contributed by atoms with Gasteiger partial charge >= 0.3 is 5.97 Å². The molecule has 0 radical (unpaired) electrons. The molecule has 0 bridgehead atoms. The maximum absolute atomic E-state index is 14.4. The van der Waals surface area contributed by atoms with Gasteiger partial charge in [0.1, 0.15) is 5.82 Å². The van der Waals surface area contributed by atoms with Crippen molar-refractivity contribution in [2.75, 3.05) is 5.32 Å². The maximum atomic E-state index is 14.4. The van der Waals surface area contributed by atoms with Crippen LogP contribution in [0.25, 0.3) is 11.1 Å². The summed E-state index contributed by atoms with van der Waals surface area (Å²) in [5, 5.41) is 12.6. The third kappa shape index (κ3) is 5.88. The van der Waals surface area contributed by atoms with E-state index >= 15 is 0 Å². The first-order valence-electron chi connectivity index (χ1n) is 11.8. The molecule has 5 nitrogen and oxygen atoms in total. The molecule has 4 rings (SSSR count). The monoisotopic (exact) mass is 494 g/mol. The second-order valence-corrected chi connectivity index (χ2v) is 9.55. The SMILES string of the molecule is Cc1c(NC(=O)C(c2ccc(-c3cncc(Cl)c3)cc2)C2CCCC2)ccc(F)c1CCC(=O)O. The van der Waals surface area contributed by atoms with Crippen molar-refractivity contribution in [3.8, 4) is 11.1 Å². The fourth-order valence-electron chi connectivity index (χ4n) is 4.99. The minimum atomic E-state index is -0.989. The summed E-state index contributed by atoms with van der Waals surface area (Å²) in [6, 6.07) is 12.6. The number of hydrogen-bond donors (Lipinski definition) is 2. The van der Waals surface area contributed by atoms with Crippen LogP contribution in [0.5, 0.6) is 0 Å². The highest BCUT2D eigenvalue weighted by Gasteiger charge is 2.32. The zero-order chi connectivity index (χ0) is 24.9. The molecule has 1 aliphatic carbocycles. The molecule has 1 aromatic heterocycles. The predicted molar refractivity (Wildman–Crippen MR) is 135 cm³/mol. The number of rotatable bonds is 8. The Balaban J connectivity index is 1.60. The summed E-state index contributed by atoms with van der Waals surface area (Å²) in [7, 11) is 0. The minimum absolute atomic E-state index is 0.0720. The number of carbonyl (C=O) groups is 2. The molecule has 0 spiro atoms. The molecule has 3 aromatic rings. The van der Waals surface area contributed by atoms with Crippen LogP contribution in [0.15, 0.2) is 54.9 Å². The Kier molecular flexibility index (Phi) is 7.81. The molecule has 2 aromatic carbocycles. The Morgan fingerprint density at radius 1 is 1.11 bits per heavy atom. The van der Waals surface area contributed by atoms with E-state index in [0.717, 1.165) is 42.4 Å². The van der Waals surface area contributed by atoms with Crippen molar-refractivity contribution in [3.05, 3.63) is 82.4 Å². The van der Waals surface area contributed by atoms with Gasteiger partial charge in [-0.05, 0) is 72.6 Å². The Morgan fingerprint density at radius 2 is 1.83 bits per heavy atom. The van der Waals surface area contributed by atoms with Crippen molar-refractivity contribution in [1.82, 2.24) is 4.98 Å². The van der Waals surface area contributed by atoms with Gasteiger partial charge in [0.25, 0.3) is 0 Å². The van der Waals surface area contributed by atoms with Gasteiger partial charge in [-0.1, -0.05) is 48.7 Å². The number of nitrogens with zero attached hydrogens (tertiary/aromatic N) is 1. The van der Waals surface area contributed by atoms with Crippen molar-refractivity contribution < 1.29 is 19.1 Å². The van der Waals surface area contributed by atoms with Crippen molar-refractivity contribution in [3.63, 3.8) is 0 Å². The van der Waals surface area contributed by atoms with E-state index in [1.54, 1.807) is 25.4 Å². The number of carboxylic acid groups (broad SMARTS) is 1. The fraction of sp³-hybridized carbons (Fsp3) is 0.321. The van der Waals surface area contributed by atoms with E-state index in [1.165, 1.54) is 6.07 Å². The number of aliphatic carboxylic acids is 1. The summed E-state index contributed by atoms with van der Waals surface area (Å²) in [5.74, 6) is -1.69. The molecule has 1 saturated carbocycles. The van der Waals surface area contributed by atoms with Crippen LogP contribution in [0.4, 0.5) is 10.1 Å². The van der Waals surface area contributed by atoms with E-state index in [2.05, 4.69) is 10.3 Å². The van der Waals surface area contributed by atoms with Crippen molar-refractivity contribution >= 4 is 29.2 Å². The first kappa shape index (κ1) is 24.9. The Labute approximate surface area is 209 Å². The van der Waals surface area contributed by atoms with E-state index in [4.69, 9.17) is 16.7 Å². The molecule has 182 valence electrons. The van der Waals surface area contributed by atoms with Gasteiger partial charge in [-0.3, -0.25) is 14.6 Å². The van der Waals surface area contributed by atoms with E-state index < -0.39 is 11.8 Å². The normalized spacial score (nSPS) is 14.6. The highest BCUT2D eigenvalue weighted by molar-refractivity contribution is 6.30. The highest BCUT2D eigenvalue weighted by Crippen LogP contribution is 2.39. The summed E-state index contributed by atoms with van der Waals surface area (Å²) in [4.78, 5) is 28.7. The van der Waals surface area contributed by atoms with E-state index in [9.17, 15) is 14.0 Å². The number of aromatic nitrogens is 1. The number of anilines is 1. The van der Waals surface area contributed by atoms with Crippen LogP contribution in [0.2, 0.25) is 5.02 Å². The number of amides is 1. The summed E-state index contributed by atoms with van der Waals surface area (Å²) in [6.45, 7) is 1.72. The molecule has 1 unspecified atom stereocenters. The molecular weight excluding hydrogens is 467 g/mol. The van der Waals surface area contributed by atoms with E-state index in [-0.39, 0.29) is 30.6 Å². The van der Waals surface area contributed by atoms with Gasteiger partial charge in [0.05, 0.1) is 10.9 Å². The Bertz CT molecular complexity index is 1220. The topological polar surface area (TPSA) is 79.3 Å². The Morgan fingerprint density at radius 3 is 2.49 bits per heavy atom. The summed E-state index contributed by atoms with van der Waals surface area (Å²) >= 11 is 6.08. The molecule has 7 heteroatoms. The molecule has 1 atom stereocenters.